The summed E-state index contributed by atoms with van der Waals surface area (Å²) in [6, 6.07) is 5.64. The Bertz CT molecular complexity index is 1330. The highest BCUT2D eigenvalue weighted by Crippen LogP contribution is 2.28. The Morgan fingerprint density at radius 2 is 1.95 bits per heavy atom. The van der Waals surface area contributed by atoms with Crippen LogP contribution in [-0.4, -0.2) is 40.2 Å². The minimum atomic E-state index is -0.695. The van der Waals surface area contributed by atoms with Crippen LogP contribution < -0.4 is 26.4 Å². The van der Waals surface area contributed by atoms with Gasteiger partial charge in [-0.1, -0.05) is 6.58 Å². The number of aromatic nitrogens is 3. The number of anilines is 2. The average molecular weight is 506 g/mol. The fourth-order valence-corrected chi connectivity index (χ4v) is 3.68. The monoisotopic (exact) mass is 505 g/mol. The van der Waals surface area contributed by atoms with Gasteiger partial charge < -0.3 is 31.2 Å². The zero-order valence-corrected chi connectivity index (χ0v) is 22.2. The quantitative estimate of drug-likeness (QED) is 0.300. The first-order valence-electron chi connectivity index (χ1n) is 11.9. The molecule has 37 heavy (non-hydrogen) atoms. The van der Waals surface area contributed by atoms with E-state index in [1.807, 2.05) is 19.1 Å². The summed E-state index contributed by atoms with van der Waals surface area (Å²) in [5.41, 5.74) is 9.39. The first kappa shape index (κ1) is 27.3. The van der Waals surface area contributed by atoms with E-state index in [0.717, 1.165) is 33.2 Å². The third-order valence-electron chi connectivity index (χ3n) is 5.52. The zero-order valence-electron chi connectivity index (χ0n) is 22.2. The first-order valence-corrected chi connectivity index (χ1v) is 11.9. The van der Waals surface area contributed by atoms with E-state index in [4.69, 9.17) is 15.2 Å². The zero-order chi connectivity index (χ0) is 27.2. The molecule has 0 amide bonds. The number of rotatable bonds is 10. The van der Waals surface area contributed by atoms with Gasteiger partial charge in [-0.3, -0.25) is 0 Å². The third-order valence-corrected chi connectivity index (χ3v) is 5.52. The number of nitrogens with zero attached hydrogens (tertiary/aromatic N) is 3. The van der Waals surface area contributed by atoms with Crippen molar-refractivity contribution in [3.8, 4) is 5.88 Å². The van der Waals surface area contributed by atoms with Crippen LogP contribution in [0.25, 0.3) is 10.8 Å². The smallest absolute Gasteiger partial charge is 0.377 e. The molecule has 3 rings (SSSR count). The van der Waals surface area contributed by atoms with Gasteiger partial charge in [-0.15, -0.1) is 0 Å². The lowest BCUT2D eigenvalue weighted by Crippen LogP contribution is -2.25. The lowest BCUT2D eigenvalue weighted by Gasteiger charge is -2.19. The van der Waals surface area contributed by atoms with E-state index in [1.165, 1.54) is 0 Å². The number of fused-ring (bicyclic) bond motifs is 1. The van der Waals surface area contributed by atoms with Crippen molar-refractivity contribution >= 4 is 28.4 Å². The third kappa shape index (κ3) is 7.09. The van der Waals surface area contributed by atoms with Crippen molar-refractivity contribution in [2.45, 2.75) is 46.8 Å². The molecule has 196 valence electrons. The maximum atomic E-state index is 12.8. The molecule has 0 spiro atoms. The molecule has 0 saturated heterocycles. The summed E-state index contributed by atoms with van der Waals surface area (Å²) in [6.07, 6.45) is 4.97. The van der Waals surface area contributed by atoms with Crippen LogP contribution in [0, 0.1) is 13.8 Å². The number of carbonyl (C=O) groups excluding carboxylic acids is 1. The van der Waals surface area contributed by atoms with E-state index in [2.05, 4.69) is 44.4 Å². The summed E-state index contributed by atoms with van der Waals surface area (Å²) >= 11 is 0. The van der Waals surface area contributed by atoms with Gasteiger partial charge in [-0.2, -0.15) is 4.98 Å². The number of esters is 1. The van der Waals surface area contributed by atoms with Crippen LogP contribution in [-0.2, 0) is 11.3 Å². The second-order valence-electron chi connectivity index (χ2n) is 9.44. The molecule has 2 heterocycles. The molecule has 10 heteroatoms. The largest absolute Gasteiger partial charge is 0.471 e. The standard InChI is InChI=1S/C27H35N7O3/c1-8-30-13-18(29-7)15-36-23-12-22(33-25(34-23)26(35)37-27(4,5)6)32-14-21-16(2)11-20-19(17(21)3)9-10-31-24(20)28/h8-13,29-30H,1,14-15H2,2-7H3,(H2,28,31)(H,32,33,34)/b18-13-. The normalized spacial score (nSPS) is 11.7. The molecule has 10 nitrogen and oxygen atoms in total. The van der Waals surface area contributed by atoms with Crippen molar-refractivity contribution in [1.29, 1.82) is 0 Å². The Morgan fingerprint density at radius 1 is 1.19 bits per heavy atom. The molecule has 2 aromatic heterocycles. The van der Waals surface area contributed by atoms with Gasteiger partial charge in [0.2, 0.25) is 11.7 Å². The topological polar surface area (TPSA) is 136 Å². The summed E-state index contributed by atoms with van der Waals surface area (Å²) in [6.45, 7) is 13.7. The average Bonchev–Trinajstić information content (AvgIpc) is 2.83. The molecule has 0 unspecified atom stereocenters. The summed E-state index contributed by atoms with van der Waals surface area (Å²) in [4.78, 5) is 25.6. The molecular weight excluding hydrogens is 470 g/mol. The van der Waals surface area contributed by atoms with Gasteiger partial charge in [-0.25, -0.2) is 14.8 Å². The van der Waals surface area contributed by atoms with E-state index in [9.17, 15) is 4.79 Å². The van der Waals surface area contributed by atoms with Crippen LogP contribution in [0.1, 0.15) is 48.1 Å². The number of aryl methyl sites for hydroxylation is 2. The van der Waals surface area contributed by atoms with Crippen molar-refractivity contribution in [1.82, 2.24) is 25.6 Å². The van der Waals surface area contributed by atoms with Crippen molar-refractivity contribution < 1.29 is 14.3 Å². The minimum Gasteiger partial charge on any atom is -0.471 e. The number of carbonyl (C=O) groups is 1. The van der Waals surface area contributed by atoms with E-state index >= 15 is 0 Å². The van der Waals surface area contributed by atoms with Crippen molar-refractivity contribution in [3.05, 3.63) is 71.6 Å². The number of hydrogen-bond donors (Lipinski definition) is 4. The van der Waals surface area contributed by atoms with E-state index in [0.29, 0.717) is 18.2 Å². The van der Waals surface area contributed by atoms with Gasteiger partial charge in [0.15, 0.2) is 0 Å². The summed E-state index contributed by atoms with van der Waals surface area (Å²) in [7, 11) is 1.77. The highest BCUT2D eigenvalue weighted by Gasteiger charge is 2.22. The van der Waals surface area contributed by atoms with Crippen molar-refractivity contribution in [2.24, 2.45) is 0 Å². The summed E-state index contributed by atoms with van der Waals surface area (Å²) in [5.74, 6) is 0.419. The lowest BCUT2D eigenvalue weighted by atomic mass is 9.96. The van der Waals surface area contributed by atoms with Crippen LogP contribution in [0.15, 0.2) is 49.1 Å². The van der Waals surface area contributed by atoms with E-state index < -0.39 is 11.6 Å². The molecule has 0 atom stereocenters. The van der Waals surface area contributed by atoms with Crippen LogP contribution in [0.3, 0.4) is 0 Å². The van der Waals surface area contributed by atoms with E-state index in [-0.39, 0.29) is 18.3 Å². The molecule has 1 aromatic carbocycles. The fraction of sp³-hybridized carbons (Fsp3) is 0.333. The number of pyridine rings is 1. The Morgan fingerprint density at radius 3 is 2.62 bits per heavy atom. The van der Waals surface area contributed by atoms with Gasteiger partial charge in [-0.05, 0) is 75.0 Å². The highest BCUT2D eigenvalue weighted by atomic mass is 16.6. The maximum Gasteiger partial charge on any atom is 0.377 e. The lowest BCUT2D eigenvalue weighted by molar-refractivity contribution is 0.00545. The predicted octanol–water partition coefficient (Wildman–Crippen LogP) is 3.96. The summed E-state index contributed by atoms with van der Waals surface area (Å²) < 4.78 is 11.3. The molecule has 0 radical (unpaired) electrons. The van der Waals surface area contributed by atoms with Gasteiger partial charge in [0, 0.05) is 37.4 Å². The number of ether oxygens (including phenoxy) is 2. The molecule has 0 bridgehead atoms. The highest BCUT2D eigenvalue weighted by molar-refractivity contribution is 5.94. The van der Waals surface area contributed by atoms with Gasteiger partial charge >= 0.3 is 5.97 Å². The number of likely N-dealkylation sites (N-methyl/N-ethyl adjacent to an activating group) is 1. The van der Waals surface area contributed by atoms with Gasteiger partial charge in [0.1, 0.15) is 23.8 Å². The minimum absolute atomic E-state index is 0.0973. The molecule has 0 aliphatic rings. The molecule has 0 fully saturated rings. The van der Waals surface area contributed by atoms with Gasteiger partial charge in [0.25, 0.3) is 0 Å². The van der Waals surface area contributed by atoms with Crippen LogP contribution in [0.2, 0.25) is 0 Å². The van der Waals surface area contributed by atoms with E-state index in [1.54, 1.807) is 52.5 Å². The Labute approximate surface area is 217 Å². The van der Waals surface area contributed by atoms with Crippen molar-refractivity contribution in [2.75, 3.05) is 24.7 Å². The number of nitrogens with one attached hydrogen (secondary N) is 3. The summed E-state index contributed by atoms with van der Waals surface area (Å²) in [5, 5.41) is 11.2. The molecular formula is C27H35N7O3. The molecule has 3 aromatic rings. The number of hydrogen-bond acceptors (Lipinski definition) is 10. The molecule has 0 aliphatic carbocycles. The predicted molar refractivity (Wildman–Crippen MR) is 146 cm³/mol. The Hall–Kier alpha value is -4.34. The van der Waals surface area contributed by atoms with Crippen LogP contribution in [0.5, 0.6) is 5.88 Å². The number of benzene rings is 1. The second kappa shape index (κ2) is 11.6. The number of nitrogens with two attached hydrogens (primary N) is 1. The van der Waals surface area contributed by atoms with Gasteiger partial charge in [0.05, 0.1) is 5.70 Å². The first-order chi connectivity index (χ1) is 17.5. The molecule has 5 N–H and O–H groups in total. The fourth-order valence-electron chi connectivity index (χ4n) is 3.68. The molecule has 0 saturated carbocycles. The van der Waals surface area contributed by atoms with Crippen LogP contribution >= 0.6 is 0 Å². The Balaban J connectivity index is 1.91. The Kier molecular flexibility index (Phi) is 8.54. The molecule has 0 aliphatic heterocycles. The number of nitrogen functional groups attached to an aromatic ring is 1. The maximum absolute atomic E-state index is 12.8. The second-order valence-corrected chi connectivity index (χ2v) is 9.44. The van der Waals surface area contributed by atoms with Crippen LogP contribution in [0.4, 0.5) is 11.6 Å². The van der Waals surface area contributed by atoms with Crippen molar-refractivity contribution in [3.63, 3.8) is 0 Å². The SMILES string of the molecule is C=CN/C=C(/COc1cc(NCc2c(C)cc3c(N)nccc3c2C)nc(C(=O)OC(C)(C)C)n1)NC.